The first-order valence-electron chi connectivity index (χ1n) is 7.20. The minimum absolute atomic E-state index is 0.0515. The molecule has 1 aromatic carbocycles. The molecule has 1 heterocycles. The van der Waals surface area contributed by atoms with E-state index >= 15 is 0 Å². The number of fused-ring (bicyclic) bond motifs is 1. The summed E-state index contributed by atoms with van der Waals surface area (Å²) in [6, 6.07) is 4.12. The van der Waals surface area contributed by atoms with Gasteiger partial charge in [-0.2, -0.15) is 0 Å². The fourth-order valence-corrected chi connectivity index (χ4v) is 2.82. The summed E-state index contributed by atoms with van der Waals surface area (Å²) >= 11 is 3.55. The van der Waals surface area contributed by atoms with E-state index in [9.17, 15) is 4.79 Å². The lowest BCUT2D eigenvalue weighted by molar-refractivity contribution is 0.0235. The third-order valence-corrected chi connectivity index (χ3v) is 4.40. The molecule has 21 heavy (non-hydrogen) atoms. The largest absolute Gasteiger partial charge is 0.444 e. The van der Waals surface area contributed by atoms with Crippen LogP contribution in [0.15, 0.2) is 16.6 Å². The lowest BCUT2D eigenvalue weighted by Gasteiger charge is -2.26. The molecule has 0 spiro atoms. The summed E-state index contributed by atoms with van der Waals surface area (Å²) in [6.07, 6.45) is 0.463. The predicted molar refractivity (Wildman–Crippen MR) is 87.1 cm³/mol. The molecule has 0 saturated heterocycles. The van der Waals surface area contributed by atoms with E-state index in [2.05, 4.69) is 28.1 Å². The molecule has 5 heteroatoms. The van der Waals surface area contributed by atoms with Crippen LogP contribution >= 0.6 is 15.9 Å². The molecule has 0 fully saturated rings. The Balaban J connectivity index is 2.27. The number of aryl methyl sites for hydroxylation is 1. The van der Waals surface area contributed by atoms with Crippen LogP contribution in [-0.2, 0) is 11.3 Å². The van der Waals surface area contributed by atoms with E-state index in [1.807, 2.05) is 27.7 Å². The maximum atomic E-state index is 12.3. The Morgan fingerprint density at radius 1 is 1.43 bits per heavy atom. The molecule has 0 unspecified atom stereocenters. The molecule has 2 N–H and O–H groups in total. The third-order valence-electron chi connectivity index (χ3n) is 3.54. The van der Waals surface area contributed by atoms with Crippen LogP contribution in [0.1, 0.15) is 49.9 Å². The van der Waals surface area contributed by atoms with Crippen LogP contribution in [0, 0.1) is 6.92 Å². The molecule has 1 aliphatic rings. The van der Waals surface area contributed by atoms with Crippen LogP contribution in [-0.4, -0.2) is 23.1 Å². The van der Waals surface area contributed by atoms with E-state index < -0.39 is 5.60 Å². The van der Waals surface area contributed by atoms with E-state index in [-0.39, 0.29) is 12.1 Å². The quantitative estimate of drug-likeness (QED) is 0.768. The number of benzene rings is 1. The van der Waals surface area contributed by atoms with Crippen LogP contribution in [0.4, 0.5) is 4.79 Å². The van der Waals surface area contributed by atoms with Crippen molar-refractivity contribution in [3.63, 3.8) is 0 Å². The molecule has 0 aliphatic carbocycles. The first-order chi connectivity index (χ1) is 9.67. The Labute approximate surface area is 134 Å². The van der Waals surface area contributed by atoms with Crippen LogP contribution < -0.4 is 5.73 Å². The molecule has 4 nitrogen and oxygen atoms in total. The molecule has 1 atom stereocenters. The SMILES string of the molecule is Cc1cc2c(cc1Br)[C@H](N)CCN(C(=O)OC(C)(C)C)C2. The summed E-state index contributed by atoms with van der Waals surface area (Å²) in [7, 11) is 0. The number of hydrogen-bond acceptors (Lipinski definition) is 3. The van der Waals surface area contributed by atoms with E-state index in [0.29, 0.717) is 13.1 Å². The summed E-state index contributed by atoms with van der Waals surface area (Å²) in [4.78, 5) is 14.0. The number of nitrogens with two attached hydrogens (primary N) is 1. The highest BCUT2D eigenvalue weighted by Gasteiger charge is 2.27. The second-order valence-corrected chi connectivity index (χ2v) is 7.45. The second-order valence-electron chi connectivity index (χ2n) is 6.60. The molecule has 0 saturated carbocycles. The third kappa shape index (κ3) is 3.98. The predicted octanol–water partition coefficient (Wildman–Crippen LogP) is 3.90. The van der Waals surface area contributed by atoms with E-state index in [1.165, 1.54) is 0 Å². The molecular formula is C16H23BrN2O2. The van der Waals surface area contributed by atoms with Crippen molar-refractivity contribution in [3.8, 4) is 0 Å². The number of amides is 1. The zero-order valence-corrected chi connectivity index (χ0v) is 14.7. The monoisotopic (exact) mass is 354 g/mol. The van der Waals surface area contributed by atoms with Gasteiger partial charge in [-0.3, -0.25) is 0 Å². The van der Waals surface area contributed by atoms with Crippen LogP contribution in [0.2, 0.25) is 0 Å². The molecule has 0 radical (unpaired) electrons. The lowest BCUT2D eigenvalue weighted by atomic mass is 9.98. The average Bonchev–Trinajstić information content (AvgIpc) is 2.49. The van der Waals surface area contributed by atoms with Gasteiger partial charge in [-0.15, -0.1) is 0 Å². The van der Waals surface area contributed by atoms with Gasteiger partial charge < -0.3 is 15.4 Å². The normalized spacial score (nSPS) is 19.0. The van der Waals surface area contributed by atoms with E-state index in [1.54, 1.807) is 4.90 Å². The average molecular weight is 355 g/mol. The van der Waals surface area contributed by atoms with Gasteiger partial charge in [-0.25, -0.2) is 4.79 Å². The van der Waals surface area contributed by atoms with Crippen molar-refractivity contribution < 1.29 is 9.53 Å². The Morgan fingerprint density at radius 3 is 2.71 bits per heavy atom. The van der Waals surface area contributed by atoms with Crippen LogP contribution in [0.3, 0.4) is 0 Å². The summed E-state index contributed by atoms with van der Waals surface area (Å²) in [5.41, 5.74) is 9.13. The zero-order valence-electron chi connectivity index (χ0n) is 13.1. The van der Waals surface area contributed by atoms with Gasteiger partial charge in [0.25, 0.3) is 0 Å². The standard InChI is InChI=1S/C16H23BrN2O2/c1-10-7-11-9-19(15(20)21-16(2,3)4)6-5-14(18)12(11)8-13(10)17/h7-8,14H,5-6,9,18H2,1-4H3/t14-/m1/s1. The summed E-state index contributed by atoms with van der Waals surface area (Å²) in [5, 5.41) is 0. The number of rotatable bonds is 0. The molecule has 1 aromatic rings. The van der Waals surface area contributed by atoms with Gasteiger partial charge in [-0.1, -0.05) is 22.0 Å². The highest BCUT2D eigenvalue weighted by atomic mass is 79.9. The first-order valence-corrected chi connectivity index (χ1v) is 7.99. The number of carbonyl (C=O) groups is 1. The molecule has 1 amide bonds. The van der Waals surface area contributed by atoms with Gasteiger partial charge in [0.15, 0.2) is 0 Å². The number of hydrogen-bond donors (Lipinski definition) is 1. The fourth-order valence-electron chi connectivity index (χ4n) is 2.46. The molecule has 1 aliphatic heterocycles. The van der Waals surface area contributed by atoms with Crippen molar-refractivity contribution >= 4 is 22.0 Å². The molecule has 116 valence electrons. The van der Waals surface area contributed by atoms with E-state index in [4.69, 9.17) is 10.5 Å². The second kappa shape index (κ2) is 5.97. The van der Waals surface area contributed by atoms with Crippen molar-refractivity contribution in [1.82, 2.24) is 4.90 Å². The number of nitrogens with zero attached hydrogens (tertiary/aromatic N) is 1. The van der Waals surface area contributed by atoms with Gasteiger partial charge >= 0.3 is 6.09 Å². The summed E-state index contributed by atoms with van der Waals surface area (Å²) in [5.74, 6) is 0. The minimum atomic E-state index is -0.482. The Hall–Kier alpha value is -1.07. The van der Waals surface area contributed by atoms with Crippen molar-refractivity contribution in [2.75, 3.05) is 6.54 Å². The number of carbonyl (C=O) groups excluding carboxylic acids is 1. The zero-order chi connectivity index (χ0) is 15.8. The smallest absolute Gasteiger partial charge is 0.410 e. The minimum Gasteiger partial charge on any atom is -0.444 e. The molecule has 0 aromatic heterocycles. The highest BCUT2D eigenvalue weighted by molar-refractivity contribution is 9.10. The van der Waals surface area contributed by atoms with Gasteiger partial charge in [0.1, 0.15) is 5.60 Å². The highest BCUT2D eigenvalue weighted by Crippen LogP contribution is 2.30. The number of ether oxygens (including phenoxy) is 1. The number of halogens is 1. The maximum Gasteiger partial charge on any atom is 0.410 e. The fraction of sp³-hybridized carbons (Fsp3) is 0.562. The van der Waals surface area contributed by atoms with Gasteiger partial charge in [-0.05, 0) is 56.9 Å². The lowest BCUT2D eigenvalue weighted by Crippen LogP contribution is -2.36. The topological polar surface area (TPSA) is 55.6 Å². The van der Waals surface area contributed by atoms with Gasteiger partial charge in [0.2, 0.25) is 0 Å². The Kier molecular flexibility index (Phi) is 4.63. The molecule has 2 rings (SSSR count). The van der Waals surface area contributed by atoms with E-state index in [0.717, 1.165) is 27.6 Å². The summed E-state index contributed by atoms with van der Waals surface area (Å²) < 4.78 is 6.53. The van der Waals surface area contributed by atoms with Gasteiger partial charge in [0.05, 0.1) is 0 Å². The van der Waals surface area contributed by atoms with Crippen LogP contribution in [0.5, 0.6) is 0 Å². The van der Waals surface area contributed by atoms with Crippen LogP contribution in [0.25, 0.3) is 0 Å². The van der Waals surface area contributed by atoms with Crippen molar-refractivity contribution in [2.24, 2.45) is 5.73 Å². The molecular weight excluding hydrogens is 332 g/mol. The van der Waals surface area contributed by atoms with Crippen molar-refractivity contribution in [3.05, 3.63) is 33.3 Å². The van der Waals surface area contributed by atoms with Crippen molar-refractivity contribution in [2.45, 2.75) is 52.3 Å². The Bertz CT molecular complexity index is 552. The first kappa shape index (κ1) is 16.3. The summed E-state index contributed by atoms with van der Waals surface area (Å²) in [6.45, 7) is 8.84. The Morgan fingerprint density at radius 2 is 2.10 bits per heavy atom. The molecule has 0 bridgehead atoms. The van der Waals surface area contributed by atoms with Crippen molar-refractivity contribution in [1.29, 1.82) is 0 Å². The van der Waals surface area contributed by atoms with Gasteiger partial charge in [0, 0.05) is 23.6 Å². The maximum absolute atomic E-state index is 12.3.